The fourth-order valence-corrected chi connectivity index (χ4v) is 8.44. The van der Waals surface area contributed by atoms with E-state index in [9.17, 15) is 54.4 Å². The Bertz CT molecular complexity index is 1500. The second kappa shape index (κ2) is 23.8. The van der Waals surface area contributed by atoms with E-state index in [0.717, 1.165) is 13.0 Å². The van der Waals surface area contributed by atoms with Crippen molar-refractivity contribution in [3.8, 4) is 0 Å². The van der Waals surface area contributed by atoms with Crippen molar-refractivity contribution < 1.29 is 77.6 Å². The summed E-state index contributed by atoms with van der Waals surface area (Å²) in [5.74, 6) is -2.40. The van der Waals surface area contributed by atoms with Crippen LogP contribution in [0.2, 0.25) is 0 Å². The van der Waals surface area contributed by atoms with Crippen LogP contribution in [0.3, 0.4) is 0 Å². The van der Waals surface area contributed by atoms with Crippen molar-refractivity contribution in [3.63, 3.8) is 0 Å². The lowest BCUT2D eigenvalue weighted by Gasteiger charge is -2.39. The summed E-state index contributed by atoms with van der Waals surface area (Å²) in [6.45, 7) is 3.08. The molecule has 0 bridgehead atoms. The first kappa shape index (κ1) is 50.4. The SMILES string of the molecule is CC(=O)N[C@H]1[C@H]([C@H](O)[C@H](O)CO)OC(P(=O)(O)OCCOCCC(C)CCOCCOP(=O)(O)C2=C[C@H](N=C(N)N)[C@@H](C)[C@H]([C@H](O)[C@H](O)CO)C2)=C[C@@H]1N=C(N)N. The van der Waals surface area contributed by atoms with Crippen molar-refractivity contribution in [2.75, 3.05) is 52.9 Å². The lowest BCUT2D eigenvalue weighted by atomic mass is 9.76. The number of amides is 1. The number of carbonyl (C=O) groups is 1. The van der Waals surface area contributed by atoms with Crippen LogP contribution in [-0.4, -0.2) is 160 Å². The Labute approximate surface area is 330 Å². The minimum atomic E-state index is -4.72. The van der Waals surface area contributed by atoms with Crippen molar-refractivity contribution in [1.82, 2.24) is 5.32 Å². The van der Waals surface area contributed by atoms with Crippen LogP contribution in [-0.2, 0) is 37.2 Å². The van der Waals surface area contributed by atoms with Gasteiger partial charge in [-0.2, -0.15) is 0 Å². The number of allylic oxidation sites excluding steroid dienone is 1. The molecule has 1 aliphatic carbocycles. The van der Waals surface area contributed by atoms with E-state index < -0.39 is 106 Å². The van der Waals surface area contributed by atoms with Gasteiger partial charge >= 0.3 is 15.2 Å². The van der Waals surface area contributed by atoms with E-state index in [-0.39, 0.29) is 56.6 Å². The summed E-state index contributed by atoms with van der Waals surface area (Å²) in [5.41, 5.74) is 21.4. The monoisotopic (exact) mass is 861 g/mol. The zero-order valence-corrected chi connectivity index (χ0v) is 34.0. The molecule has 1 aliphatic heterocycles. The van der Waals surface area contributed by atoms with Crippen molar-refractivity contribution in [2.24, 2.45) is 50.7 Å². The maximum Gasteiger partial charge on any atom is 0.392 e. The first-order valence-electron chi connectivity index (χ1n) is 18.2. The van der Waals surface area contributed by atoms with Crippen LogP contribution in [0.1, 0.15) is 40.0 Å². The molecule has 330 valence electrons. The quantitative estimate of drug-likeness (QED) is 0.0186. The van der Waals surface area contributed by atoms with Crippen LogP contribution in [0, 0.1) is 17.8 Å². The first-order valence-corrected chi connectivity index (χ1v) is 21.4. The lowest BCUT2D eigenvalue weighted by Crippen LogP contribution is -2.59. The highest BCUT2D eigenvalue weighted by molar-refractivity contribution is 7.57. The van der Waals surface area contributed by atoms with Gasteiger partial charge in [-0.3, -0.25) is 13.9 Å². The van der Waals surface area contributed by atoms with E-state index in [0.29, 0.717) is 19.4 Å². The zero-order chi connectivity index (χ0) is 43.1. The fourth-order valence-electron chi connectivity index (χ4n) is 6.12. The summed E-state index contributed by atoms with van der Waals surface area (Å²) in [7, 11) is -9.10. The van der Waals surface area contributed by atoms with E-state index in [1.54, 1.807) is 6.92 Å². The average molecular weight is 862 g/mol. The summed E-state index contributed by atoms with van der Waals surface area (Å²) in [4.78, 5) is 41.3. The summed E-state index contributed by atoms with van der Waals surface area (Å²) in [5, 5.41) is 62.3. The van der Waals surface area contributed by atoms with Crippen LogP contribution < -0.4 is 28.3 Å². The Morgan fingerprint density at radius 1 is 0.842 bits per heavy atom. The lowest BCUT2D eigenvalue weighted by molar-refractivity contribution is -0.125. The van der Waals surface area contributed by atoms with Gasteiger partial charge in [0.25, 0.3) is 0 Å². The summed E-state index contributed by atoms with van der Waals surface area (Å²) in [6, 6.07) is -3.21. The number of rotatable bonds is 25. The molecule has 3 unspecified atom stereocenters. The van der Waals surface area contributed by atoms with Crippen molar-refractivity contribution in [3.05, 3.63) is 23.0 Å². The van der Waals surface area contributed by atoms with Crippen LogP contribution >= 0.6 is 15.2 Å². The third kappa shape index (κ3) is 16.1. The molecule has 23 nitrogen and oxygen atoms in total. The highest BCUT2D eigenvalue weighted by Gasteiger charge is 2.47. The number of guanidine groups is 2. The second-order valence-corrected chi connectivity index (χ2v) is 17.5. The third-order valence-electron chi connectivity index (χ3n) is 9.36. The molecular formula is C32H61N7O16P2. The number of nitrogens with zero attached hydrogens (tertiary/aromatic N) is 2. The fraction of sp³-hybridized carbons (Fsp3) is 0.781. The Morgan fingerprint density at radius 3 is 1.86 bits per heavy atom. The Kier molecular flexibility index (Phi) is 21.0. The van der Waals surface area contributed by atoms with Gasteiger partial charge in [-0.25, -0.2) is 9.98 Å². The molecule has 1 amide bonds. The topological polar surface area (TPSA) is 400 Å². The number of nitrogens with one attached hydrogen (secondary N) is 1. The number of hydrogen-bond acceptors (Lipinski definition) is 16. The van der Waals surface area contributed by atoms with Crippen LogP contribution in [0.15, 0.2) is 33.0 Å². The molecule has 0 aromatic rings. The Balaban J connectivity index is 1.81. The highest BCUT2D eigenvalue weighted by atomic mass is 31.2. The zero-order valence-electron chi connectivity index (χ0n) is 32.2. The molecular weight excluding hydrogens is 800 g/mol. The molecule has 0 saturated carbocycles. The number of carbonyl (C=O) groups excluding carboxylic acids is 1. The largest absolute Gasteiger partial charge is 0.478 e. The normalized spacial score (nSPS) is 27.1. The molecule has 0 aromatic heterocycles. The third-order valence-corrected chi connectivity index (χ3v) is 12.3. The number of ether oxygens (including phenoxy) is 3. The van der Waals surface area contributed by atoms with Crippen molar-refractivity contribution in [1.29, 1.82) is 0 Å². The molecule has 0 spiro atoms. The maximum absolute atomic E-state index is 13.1. The van der Waals surface area contributed by atoms with Crippen LogP contribution in [0.25, 0.3) is 0 Å². The minimum Gasteiger partial charge on any atom is -0.478 e. The van der Waals surface area contributed by atoms with Gasteiger partial charge in [0.15, 0.2) is 18.0 Å². The maximum atomic E-state index is 13.1. The van der Waals surface area contributed by atoms with Gasteiger partial charge in [0.2, 0.25) is 11.4 Å². The molecule has 0 radical (unpaired) electrons. The molecule has 1 heterocycles. The summed E-state index contributed by atoms with van der Waals surface area (Å²) < 4.78 is 53.4. The smallest absolute Gasteiger partial charge is 0.392 e. The van der Waals surface area contributed by atoms with E-state index in [1.807, 2.05) is 6.92 Å². The van der Waals surface area contributed by atoms with Crippen molar-refractivity contribution >= 4 is 33.0 Å². The molecule has 0 saturated heterocycles. The molecule has 17 N–H and O–H groups in total. The molecule has 25 heteroatoms. The molecule has 57 heavy (non-hydrogen) atoms. The van der Waals surface area contributed by atoms with E-state index in [2.05, 4.69) is 15.3 Å². The van der Waals surface area contributed by atoms with Gasteiger partial charge in [-0.15, -0.1) is 0 Å². The van der Waals surface area contributed by atoms with Gasteiger partial charge in [0.05, 0.1) is 63.9 Å². The predicted molar refractivity (Wildman–Crippen MR) is 205 cm³/mol. The first-order chi connectivity index (χ1) is 26.6. The van der Waals surface area contributed by atoms with E-state index in [1.165, 1.54) is 6.08 Å². The van der Waals surface area contributed by atoms with Gasteiger partial charge in [-0.1, -0.05) is 13.8 Å². The predicted octanol–water partition coefficient (Wildman–Crippen LogP) is -3.16. The average Bonchev–Trinajstić information content (AvgIpc) is 3.13. The standard InChI is InChI=1S/C32H61N7O16P2/c1-17(4-6-51-8-10-53-56(47,48)20-12-21(28(45)24(43)15-40)18(2)22(13-20)38-31(33)34)5-7-52-9-11-54-57(49,50)26-14-23(39-32(35)36)27(37-19(3)42)30(55-26)29(46)25(44)16-41/h13-14,17-18,21-25,27-30,40-41,43-46H,4-12,15-16H2,1-3H3,(H,37,42)(H,47,48)(H,49,50)(H4,33,34,38)(H4,35,36,39)/t17?,18-,21+,22-,23-,24+,25+,27+,28-,29+,30+/m0/s1. The van der Waals surface area contributed by atoms with Gasteiger partial charge in [-0.05, 0) is 49.2 Å². The van der Waals surface area contributed by atoms with Gasteiger partial charge in [0, 0.05) is 25.5 Å². The summed E-state index contributed by atoms with van der Waals surface area (Å²) in [6.07, 6.45) is -4.54. The number of aliphatic hydroxyl groups excluding tert-OH is 6. The number of hydrogen-bond donors (Lipinski definition) is 13. The van der Waals surface area contributed by atoms with Crippen LogP contribution in [0.4, 0.5) is 0 Å². The van der Waals surface area contributed by atoms with Gasteiger partial charge < -0.3 is 91.9 Å². The number of nitrogens with two attached hydrogens (primary N) is 4. The second-order valence-electron chi connectivity index (χ2n) is 13.9. The molecule has 2 aliphatic rings. The number of aliphatic imine (C=N–C) groups is 2. The molecule has 13 atom stereocenters. The molecule has 0 aromatic carbocycles. The van der Waals surface area contributed by atoms with E-state index in [4.69, 9.17) is 46.2 Å². The Morgan fingerprint density at radius 2 is 1.35 bits per heavy atom. The van der Waals surface area contributed by atoms with Crippen molar-refractivity contribution in [2.45, 2.75) is 88.7 Å². The molecule has 2 rings (SSSR count). The number of aliphatic hydroxyl groups is 6. The molecule has 0 fully saturated rings. The van der Waals surface area contributed by atoms with Crippen LogP contribution in [0.5, 0.6) is 0 Å². The minimum absolute atomic E-state index is 0.00884. The van der Waals surface area contributed by atoms with Gasteiger partial charge in [0.1, 0.15) is 18.3 Å². The highest BCUT2D eigenvalue weighted by Crippen LogP contribution is 2.56. The van der Waals surface area contributed by atoms with E-state index >= 15 is 0 Å². The summed E-state index contributed by atoms with van der Waals surface area (Å²) >= 11 is 0. The Hall–Kier alpha value is -2.73.